The molecule has 0 saturated carbocycles. The van der Waals surface area contributed by atoms with Crippen molar-refractivity contribution in [2.75, 3.05) is 11.9 Å². The molecule has 0 aliphatic heterocycles. The van der Waals surface area contributed by atoms with E-state index >= 15 is 0 Å². The fourth-order valence-corrected chi connectivity index (χ4v) is 3.62. The van der Waals surface area contributed by atoms with Gasteiger partial charge in [0, 0.05) is 15.8 Å². The maximum atomic E-state index is 12.1. The molecule has 136 valence electrons. The summed E-state index contributed by atoms with van der Waals surface area (Å²) in [5.74, 6) is 0.696. The smallest absolute Gasteiger partial charge is 0.264 e. The number of amides is 1. The summed E-state index contributed by atoms with van der Waals surface area (Å²) in [6.45, 7) is -0.194. The highest BCUT2D eigenvalue weighted by Gasteiger charge is 2.13. The minimum Gasteiger partial charge on any atom is -0.482 e. The van der Waals surface area contributed by atoms with Crippen molar-refractivity contribution in [1.82, 2.24) is 4.98 Å². The molecule has 0 aliphatic rings. The van der Waals surface area contributed by atoms with Crippen molar-refractivity contribution in [3.8, 4) is 17.2 Å². The largest absolute Gasteiger partial charge is 0.482 e. The van der Waals surface area contributed by atoms with Crippen LogP contribution in [0.4, 0.5) is 5.13 Å². The van der Waals surface area contributed by atoms with Crippen LogP contribution in [0.3, 0.4) is 0 Å². The summed E-state index contributed by atoms with van der Waals surface area (Å²) in [6, 6.07) is 14.4. The molecule has 27 heavy (non-hydrogen) atoms. The molecule has 0 fully saturated rings. The Labute approximate surface area is 168 Å². The van der Waals surface area contributed by atoms with Crippen molar-refractivity contribution in [3.63, 3.8) is 0 Å². The topological polar surface area (TPSA) is 64.4 Å². The SMILES string of the molecule is O=C(COc1ccc(Cl)cc1Cl)Nc1nc(-c2cc3ccccc3o2)cs1. The van der Waals surface area contributed by atoms with E-state index in [1.54, 1.807) is 18.2 Å². The molecule has 1 N–H and O–H groups in total. The van der Waals surface area contributed by atoms with Crippen LogP contribution in [0.1, 0.15) is 0 Å². The Morgan fingerprint density at radius 2 is 2.04 bits per heavy atom. The molecule has 4 rings (SSSR count). The molecule has 0 unspecified atom stereocenters. The molecule has 2 aromatic heterocycles. The lowest BCUT2D eigenvalue weighted by molar-refractivity contribution is -0.118. The van der Waals surface area contributed by atoms with E-state index in [2.05, 4.69) is 10.3 Å². The molecule has 2 aromatic carbocycles. The Morgan fingerprint density at radius 1 is 1.19 bits per heavy atom. The second-order valence-electron chi connectivity index (χ2n) is 5.60. The predicted octanol–water partition coefficient (Wildman–Crippen LogP) is 5.88. The van der Waals surface area contributed by atoms with E-state index in [1.807, 2.05) is 35.7 Å². The highest BCUT2D eigenvalue weighted by atomic mass is 35.5. The van der Waals surface area contributed by atoms with Crippen molar-refractivity contribution in [3.05, 3.63) is 64.0 Å². The number of hydrogen-bond donors (Lipinski definition) is 1. The molecular weight excluding hydrogens is 407 g/mol. The van der Waals surface area contributed by atoms with Gasteiger partial charge in [0.05, 0.1) is 5.02 Å². The molecule has 0 atom stereocenters. The summed E-state index contributed by atoms with van der Waals surface area (Å²) in [5, 5.41) is 6.82. The first-order valence-corrected chi connectivity index (χ1v) is 9.54. The average Bonchev–Trinajstić information content (AvgIpc) is 3.27. The number of nitrogens with zero attached hydrogens (tertiary/aromatic N) is 1. The number of carbonyl (C=O) groups is 1. The number of benzene rings is 2. The van der Waals surface area contributed by atoms with Crippen molar-refractivity contribution < 1.29 is 13.9 Å². The summed E-state index contributed by atoms with van der Waals surface area (Å²) in [4.78, 5) is 16.5. The molecule has 5 nitrogen and oxygen atoms in total. The third-order valence-electron chi connectivity index (χ3n) is 3.68. The Bertz CT molecular complexity index is 1090. The number of aromatic nitrogens is 1. The predicted molar refractivity (Wildman–Crippen MR) is 108 cm³/mol. The molecule has 0 bridgehead atoms. The number of ether oxygens (including phenoxy) is 1. The van der Waals surface area contributed by atoms with Gasteiger partial charge in [-0.05, 0) is 30.3 Å². The van der Waals surface area contributed by atoms with E-state index in [1.165, 1.54) is 11.3 Å². The van der Waals surface area contributed by atoms with Gasteiger partial charge in [-0.1, -0.05) is 41.4 Å². The van der Waals surface area contributed by atoms with Crippen LogP contribution in [0.25, 0.3) is 22.4 Å². The van der Waals surface area contributed by atoms with Crippen LogP contribution in [0.2, 0.25) is 10.0 Å². The molecular formula is C19H12Cl2N2O3S. The van der Waals surface area contributed by atoms with Crippen LogP contribution >= 0.6 is 34.5 Å². The van der Waals surface area contributed by atoms with Crippen LogP contribution in [0, 0.1) is 0 Å². The van der Waals surface area contributed by atoms with Gasteiger partial charge >= 0.3 is 0 Å². The number of rotatable bonds is 5. The van der Waals surface area contributed by atoms with Gasteiger partial charge in [0.15, 0.2) is 17.5 Å². The second-order valence-corrected chi connectivity index (χ2v) is 7.30. The highest BCUT2D eigenvalue weighted by molar-refractivity contribution is 7.14. The zero-order valence-electron chi connectivity index (χ0n) is 13.7. The number of fused-ring (bicyclic) bond motifs is 1. The number of thiazole rings is 1. The molecule has 0 aliphatic carbocycles. The number of anilines is 1. The molecule has 8 heteroatoms. The van der Waals surface area contributed by atoms with Gasteiger partial charge in [0.25, 0.3) is 5.91 Å². The summed E-state index contributed by atoms with van der Waals surface area (Å²) in [6.07, 6.45) is 0. The molecule has 0 saturated heterocycles. The molecule has 0 spiro atoms. The van der Waals surface area contributed by atoms with Crippen LogP contribution < -0.4 is 10.1 Å². The highest BCUT2D eigenvalue weighted by Crippen LogP contribution is 2.30. The van der Waals surface area contributed by atoms with E-state index in [9.17, 15) is 4.79 Å². The number of nitrogens with one attached hydrogen (secondary N) is 1. The standard InChI is InChI=1S/C19H12Cl2N2O3S/c20-12-5-6-16(13(21)8-12)25-9-18(24)23-19-22-14(10-27-19)17-7-11-3-1-2-4-15(11)26-17/h1-8,10H,9H2,(H,22,23,24). The summed E-state index contributed by atoms with van der Waals surface area (Å²) in [5.41, 5.74) is 1.45. The summed E-state index contributed by atoms with van der Waals surface area (Å²) < 4.78 is 11.2. The molecule has 0 radical (unpaired) electrons. The Balaban J connectivity index is 1.40. The van der Waals surface area contributed by atoms with Gasteiger partial charge < -0.3 is 9.15 Å². The van der Waals surface area contributed by atoms with Gasteiger partial charge in [-0.15, -0.1) is 11.3 Å². The lowest BCUT2D eigenvalue weighted by Gasteiger charge is -2.07. The zero-order chi connectivity index (χ0) is 18.8. The third-order valence-corrected chi connectivity index (χ3v) is 4.97. The van der Waals surface area contributed by atoms with Crippen molar-refractivity contribution >= 4 is 56.5 Å². The number of hydrogen-bond acceptors (Lipinski definition) is 5. The first-order chi connectivity index (χ1) is 13.1. The van der Waals surface area contributed by atoms with E-state index in [0.717, 1.165) is 11.0 Å². The zero-order valence-corrected chi connectivity index (χ0v) is 16.1. The van der Waals surface area contributed by atoms with E-state index < -0.39 is 0 Å². The maximum Gasteiger partial charge on any atom is 0.264 e. The third kappa shape index (κ3) is 4.08. The summed E-state index contributed by atoms with van der Waals surface area (Å²) in [7, 11) is 0. The second kappa shape index (κ2) is 7.60. The summed E-state index contributed by atoms with van der Waals surface area (Å²) >= 11 is 13.2. The lowest BCUT2D eigenvalue weighted by atomic mass is 10.2. The van der Waals surface area contributed by atoms with Crippen LogP contribution in [-0.4, -0.2) is 17.5 Å². The molecule has 2 heterocycles. The van der Waals surface area contributed by atoms with Gasteiger partial charge in [-0.25, -0.2) is 4.98 Å². The van der Waals surface area contributed by atoms with Gasteiger partial charge in [-0.3, -0.25) is 10.1 Å². The number of carbonyl (C=O) groups excluding carboxylic acids is 1. The average molecular weight is 419 g/mol. The van der Waals surface area contributed by atoms with Crippen molar-refractivity contribution in [1.29, 1.82) is 0 Å². The number of para-hydroxylation sites is 1. The monoisotopic (exact) mass is 418 g/mol. The van der Waals surface area contributed by atoms with Crippen molar-refractivity contribution in [2.45, 2.75) is 0 Å². The van der Waals surface area contributed by atoms with Gasteiger partial charge in [0.2, 0.25) is 0 Å². The number of furan rings is 1. The van der Waals surface area contributed by atoms with E-state index in [4.69, 9.17) is 32.4 Å². The Kier molecular flexibility index (Phi) is 5.03. The maximum absolute atomic E-state index is 12.1. The normalized spacial score (nSPS) is 10.9. The fraction of sp³-hybridized carbons (Fsp3) is 0.0526. The van der Waals surface area contributed by atoms with Crippen LogP contribution in [0.15, 0.2) is 58.3 Å². The van der Waals surface area contributed by atoms with E-state index in [0.29, 0.717) is 32.4 Å². The fourth-order valence-electron chi connectivity index (χ4n) is 2.44. The van der Waals surface area contributed by atoms with Crippen LogP contribution in [-0.2, 0) is 4.79 Å². The van der Waals surface area contributed by atoms with Gasteiger partial charge in [-0.2, -0.15) is 0 Å². The minimum atomic E-state index is -0.341. The number of halogens is 2. The van der Waals surface area contributed by atoms with Gasteiger partial charge in [0.1, 0.15) is 17.0 Å². The first-order valence-electron chi connectivity index (χ1n) is 7.91. The quantitative estimate of drug-likeness (QED) is 0.439. The molecule has 1 amide bonds. The minimum absolute atomic E-state index is 0.194. The van der Waals surface area contributed by atoms with Crippen molar-refractivity contribution in [2.24, 2.45) is 0 Å². The Hall–Kier alpha value is -2.54. The lowest BCUT2D eigenvalue weighted by Crippen LogP contribution is -2.20. The Morgan fingerprint density at radius 3 is 2.85 bits per heavy atom. The molecule has 4 aromatic rings. The van der Waals surface area contributed by atoms with E-state index in [-0.39, 0.29) is 12.5 Å². The first kappa shape index (κ1) is 17.9. The van der Waals surface area contributed by atoms with Crippen LogP contribution in [0.5, 0.6) is 5.75 Å².